The van der Waals surface area contributed by atoms with Gasteiger partial charge in [-0.15, -0.1) is 0 Å². The molecule has 2 fully saturated rings. The minimum Gasteiger partial charge on any atom is -0.355 e. The number of para-hydroxylation sites is 1. The number of hydrogen-bond donors (Lipinski definition) is 4. The minimum absolute atomic E-state index is 0.0887. The summed E-state index contributed by atoms with van der Waals surface area (Å²) in [5.41, 5.74) is 13.6. The van der Waals surface area contributed by atoms with Crippen molar-refractivity contribution in [2.24, 2.45) is 27.8 Å². The number of nitrogens with one attached hydrogen (secondary N) is 2. The van der Waals surface area contributed by atoms with Crippen LogP contribution in [-0.4, -0.2) is 59.7 Å². The number of nitrogens with zero attached hydrogens (tertiary/aromatic N) is 5. The topological polar surface area (TPSA) is 182 Å². The lowest BCUT2D eigenvalue weighted by atomic mass is 9.73. The summed E-state index contributed by atoms with van der Waals surface area (Å²) in [6.45, 7) is 6.69. The molecule has 2 aliphatic heterocycles. The van der Waals surface area contributed by atoms with Gasteiger partial charge in [0.1, 0.15) is 28.1 Å². The number of carbonyl (C=O) groups excluding carboxylic acids is 1. The van der Waals surface area contributed by atoms with E-state index in [0.29, 0.717) is 22.0 Å². The molecule has 2 aromatic heterocycles. The molecule has 1 aromatic carbocycles. The molecule has 1 spiro atoms. The van der Waals surface area contributed by atoms with Gasteiger partial charge in [0.2, 0.25) is 5.79 Å². The van der Waals surface area contributed by atoms with Crippen molar-refractivity contribution in [3.63, 3.8) is 0 Å². The van der Waals surface area contributed by atoms with E-state index in [1.165, 1.54) is 24.0 Å². The molecule has 3 aromatic rings. The molecule has 0 radical (unpaired) electrons. The standard InChI is InChI=1S/C32H37Cl2N9O3S2/c1-18(2)48(45,46)24-7-5-4-6-21(24)41-30-20(33)15-40-32(36,42-30)29-27(34)23(8-11-37-29)47-26-17-38-25(16-39-26)43-12-9-31(10-13-43)14-22(44)19(3)28(31)35/h4-8,11,15-19,28,41-42H,9-10,12-14,35-36H2,1-3H3/t19-,28+,32?/m1/s1. The van der Waals surface area contributed by atoms with Crippen LogP contribution in [0.3, 0.4) is 0 Å². The second kappa shape index (κ2) is 13.2. The summed E-state index contributed by atoms with van der Waals surface area (Å²) in [4.78, 5) is 33.4. The van der Waals surface area contributed by atoms with Crippen molar-refractivity contribution in [2.75, 3.05) is 23.3 Å². The summed E-state index contributed by atoms with van der Waals surface area (Å²) in [6, 6.07) is 8.19. The molecule has 16 heteroatoms. The molecule has 4 heterocycles. The van der Waals surface area contributed by atoms with Gasteiger partial charge in [0, 0.05) is 48.8 Å². The van der Waals surface area contributed by atoms with Crippen LogP contribution < -0.4 is 27.0 Å². The normalized spacial score (nSPS) is 24.0. The van der Waals surface area contributed by atoms with Gasteiger partial charge in [-0.2, -0.15) is 0 Å². The Labute approximate surface area is 294 Å². The third-order valence-electron chi connectivity index (χ3n) is 9.42. The predicted octanol–water partition coefficient (Wildman–Crippen LogP) is 4.64. The zero-order valence-electron chi connectivity index (χ0n) is 26.7. The van der Waals surface area contributed by atoms with Crippen LogP contribution >= 0.6 is 35.0 Å². The van der Waals surface area contributed by atoms with Gasteiger partial charge in [0.05, 0.1) is 38.3 Å². The maximum absolute atomic E-state index is 13.0. The number of ketones is 1. The number of anilines is 2. The first-order valence-electron chi connectivity index (χ1n) is 15.5. The number of nitrogens with two attached hydrogens (primary N) is 2. The Balaban J connectivity index is 1.16. The number of piperidine rings is 1. The molecular weight excluding hydrogens is 693 g/mol. The largest absolute Gasteiger partial charge is 0.355 e. The first-order valence-corrected chi connectivity index (χ1v) is 18.7. The van der Waals surface area contributed by atoms with Crippen LogP contribution in [-0.2, 0) is 20.4 Å². The van der Waals surface area contributed by atoms with E-state index in [-0.39, 0.29) is 49.6 Å². The smallest absolute Gasteiger partial charge is 0.229 e. The molecule has 0 bridgehead atoms. The second-order valence-electron chi connectivity index (χ2n) is 12.7. The number of benzene rings is 1. The van der Waals surface area contributed by atoms with Crippen molar-refractivity contribution in [1.29, 1.82) is 0 Å². The molecule has 1 aliphatic carbocycles. The maximum Gasteiger partial charge on any atom is 0.229 e. The Kier molecular flexibility index (Phi) is 9.52. The first-order chi connectivity index (χ1) is 22.7. The zero-order valence-corrected chi connectivity index (χ0v) is 29.8. The van der Waals surface area contributed by atoms with Crippen LogP contribution in [0.2, 0.25) is 5.02 Å². The lowest BCUT2D eigenvalue weighted by Crippen LogP contribution is -2.52. The maximum atomic E-state index is 13.0. The number of hydrogen-bond acceptors (Lipinski definition) is 13. The molecule has 48 heavy (non-hydrogen) atoms. The fraction of sp³-hybridized carbons (Fsp3) is 0.406. The summed E-state index contributed by atoms with van der Waals surface area (Å²) in [6.07, 6.45) is 8.60. The number of sulfone groups is 1. The third-order valence-corrected chi connectivity index (χ3v) is 13.4. The highest BCUT2D eigenvalue weighted by Gasteiger charge is 2.50. The Morgan fingerprint density at radius 2 is 1.83 bits per heavy atom. The van der Waals surface area contributed by atoms with E-state index >= 15 is 0 Å². The van der Waals surface area contributed by atoms with Crippen LogP contribution in [0.5, 0.6) is 0 Å². The molecule has 6 rings (SSSR count). The Morgan fingerprint density at radius 3 is 2.48 bits per heavy atom. The van der Waals surface area contributed by atoms with Crippen molar-refractivity contribution in [3.8, 4) is 0 Å². The molecule has 3 atom stereocenters. The van der Waals surface area contributed by atoms with Gasteiger partial charge in [-0.05, 0) is 50.3 Å². The minimum atomic E-state index is -3.61. The van der Waals surface area contributed by atoms with Gasteiger partial charge in [-0.25, -0.2) is 23.4 Å². The van der Waals surface area contributed by atoms with E-state index in [1.807, 2.05) is 6.92 Å². The summed E-state index contributed by atoms with van der Waals surface area (Å²) >= 11 is 14.7. The Hall–Kier alpha value is -3.27. The Bertz CT molecular complexity index is 1900. The van der Waals surface area contributed by atoms with E-state index in [4.69, 9.17) is 34.7 Å². The van der Waals surface area contributed by atoms with Crippen molar-refractivity contribution >= 4 is 68.3 Å². The van der Waals surface area contributed by atoms with E-state index in [1.54, 1.807) is 56.7 Å². The summed E-state index contributed by atoms with van der Waals surface area (Å²) < 4.78 is 26.0. The van der Waals surface area contributed by atoms with Crippen molar-refractivity contribution in [1.82, 2.24) is 20.3 Å². The highest BCUT2D eigenvalue weighted by atomic mass is 35.5. The summed E-state index contributed by atoms with van der Waals surface area (Å²) in [5, 5.41) is 6.55. The van der Waals surface area contributed by atoms with Crippen LogP contribution in [0, 0.1) is 11.3 Å². The Morgan fingerprint density at radius 1 is 1.10 bits per heavy atom. The number of allylic oxidation sites excluding steroid dienone is 1. The molecule has 0 amide bonds. The predicted molar refractivity (Wildman–Crippen MR) is 189 cm³/mol. The number of rotatable bonds is 8. The molecular formula is C32H37Cl2N9O3S2. The second-order valence-corrected chi connectivity index (χ2v) is 17.0. The van der Waals surface area contributed by atoms with Gasteiger partial charge >= 0.3 is 0 Å². The highest BCUT2D eigenvalue weighted by Crippen LogP contribution is 2.47. The zero-order chi connectivity index (χ0) is 34.4. The van der Waals surface area contributed by atoms with Crippen LogP contribution in [0.15, 0.2) is 79.6 Å². The third kappa shape index (κ3) is 6.41. The van der Waals surface area contributed by atoms with E-state index in [9.17, 15) is 13.2 Å². The molecule has 1 unspecified atom stereocenters. The van der Waals surface area contributed by atoms with Gasteiger partial charge in [-0.3, -0.25) is 15.5 Å². The molecule has 254 valence electrons. The average Bonchev–Trinajstić information content (AvgIpc) is 3.27. The average molecular weight is 731 g/mol. The molecule has 1 saturated carbocycles. The number of halogens is 2. The molecule has 6 N–H and O–H groups in total. The van der Waals surface area contributed by atoms with Crippen molar-refractivity contribution in [2.45, 2.75) is 71.9 Å². The van der Waals surface area contributed by atoms with Gasteiger partial charge < -0.3 is 21.3 Å². The lowest BCUT2D eigenvalue weighted by Gasteiger charge is -2.42. The highest BCUT2D eigenvalue weighted by molar-refractivity contribution is 7.99. The van der Waals surface area contributed by atoms with E-state index < -0.39 is 20.9 Å². The molecule has 12 nitrogen and oxygen atoms in total. The quantitative estimate of drug-likeness (QED) is 0.253. The van der Waals surface area contributed by atoms with Crippen LogP contribution in [0.1, 0.15) is 45.7 Å². The van der Waals surface area contributed by atoms with Crippen molar-refractivity contribution < 1.29 is 13.2 Å². The number of pyridine rings is 1. The number of aromatic nitrogens is 3. The lowest BCUT2D eigenvalue weighted by molar-refractivity contribution is -0.120. The van der Waals surface area contributed by atoms with Gasteiger partial charge in [0.25, 0.3) is 0 Å². The molecule has 3 aliphatic rings. The van der Waals surface area contributed by atoms with Crippen LogP contribution in [0.25, 0.3) is 0 Å². The van der Waals surface area contributed by atoms with Crippen molar-refractivity contribution in [3.05, 3.63) is 70.5 Å². The monoisotopic (exact) mass is 729 g/mol. The summed E-state index contributed by atoms with van der Waals surface area (Å²) in [5.74, 6) is -0.466. The number of carbonyl (C=O) groups is 1. The molecule has 1 saturated heterocycles. The summed E-state index contributed by atoms with van der Waals surface area (Å²) in [7, 11) is -3.61. The van der Waals surface area contributed by atoms with Crippen LogP contribution in [0.4, 0.5) is 11.5 Å². The number of aliphatic imine (C=N–C) groups is 1. The van der Waals surface area contributed by atoms with E-state index in [2.05, 4.69) is 35.5 Å². The van der Waals surface area contributed by atoms with Gasteiger partial charge in [-0.1, -0.05) is 54.0 Å². The van der Waals surface area contributed by atoms with E-state index in [0.717, 1.165) is 31.7 Å². The fourth-order valence-electron chi connectivity index (χ4n) is 6.38. The van der Waals surface area contributed by atoms with Gasteiger partial charge in [0.15, 0.2) is 9.84 Å². The SMILES string of the molecule is CC(C)S(=O)(=O)c1ccccc1NC1=C(Cl)C=NC(N)(c2nccc(Sc3cnc(N4CCC5(CC4)CC(=O)[C@@H](C)[C@@H]5N)cn3)c2Cl)N1. The number of Topliss-reactive ketones (excluding diaryl/α,β-unsaturated/α-hetero) is 1. The fourth-order valence-corrected chi connectivity index (χ4v) is 8.85. The first kappa shape index (κ1) is 34.6.